The van der Waals surface area contributed by atoms with Crippen LogP contribution in [0.1, 0.15) is 35.8 Å². The van der Waals surface area contributed by atoms with E-state index >= 15 is 0 Å². The van der Waals surface area contributed by atoms with Gasteiger partial charge in [-0.05, 0) is 30.7 Å². The molecule has 0 spiro atoms. The minimum absolute atomic E-state index is 0.0579. The van der Waals surface area contributed by atoms with E-state index in [0.717, 1.165) is 6.42 Å². The number of amides is 1. The third kappa shape index (κ3) is 3.38. The highest BCUT2D eigenvalue weighted by Crippen LogP contribution is 2.25. The maximum absolute atomic E-state index is 12.0. The molecule has 0 aliphatic carbocycles. The number of carbonyl (C=O) groups excluding carboxylic acids is 2. The Hall–Kier alpha value is -3.27. The van der Waals surface area contributed by atoms with Crippen molar-refractivity contribution in [1.29, 1.82) is 5.26 Å². The number of nitrogen functional groups attached to an aromatic ring is 1. The van der Waals surface area contributed by atoms with Gasteiger partial charge in [0.05, 0.1) is 18.4 Å². The van der Waals surface area contributed by atoms with Gasteiger partial charge in [-0.2, -0.15) is 5.26 Å². The van der Waals surface area contributed by atoms with Crippen LogP contribution in [0.15, 0.2) is 30.5 Å². The van der Waals surface area contributed by atoms with E-state index in [0.29, 0.717) is 17.8 Å². The quantitative estimate of drug-likeness (QED) is 0.820. The molecule has 0 radical (unpaired) electrons. The van der Waals surface area contributed by atoms with Crippen LogP contribution < -0.4 is 11.1 Å². The molecule has 0 atom stereocenters. The number of hydrogen-bond donors (Lipinski definition) is 2. The Labute approximate surface area is 139 Å². The van der Waals surface area contributed by atoms with Crippen molar-refractivity contribution in [1.82, 2.24) is 4.57 Å². The second-order valence-electron chi connectivity index (χ2n) is 5.12. The Kier molecular flexibility index (Phi) is 5.22. The summed E-state index contributed by atoms with van der Waals surface area (Å²) in [7, 11) is 1.25. The van der Waals surface area contributed by atoms with Gasteiger partial charge in [-0.3, -0.25) is 4.79 Å². The zero-order valence-electron chi connectivity index (χ0n) is 13.5. The van der Waals surface area contributed by atoms with Gasteiger partial charge in [0.25, 0.3) is 0 Å². The molecule has 1 aromatic heterocycles. The molecule has 0 aliphatic rings. The van der Waals surface area contributed by atoms with Crippen molar-refractivity contribution in [2.24, 2.45) is 0 Å². The summed E-state index contributed by atoms with van der Waals surface area (Å²) >= 11 is 0. The number of nitrogens with one attached hydrogen (secondary N) is 1. The standard InChI is InChI=1S/C17H18N4O3/c1-3-4-14(22)20-12-5-7-13(8-6-12)21-10-11(9-18)15(19)16(21)17(23)24-2/h5-8,10H,3-4,19H2,1-2H3,(H,20,22). The summed E-state index contributed by atoms with van der Waals surface area (Å²) in [5.41, 5.74) is 7.49. The van der Waals surface area contributed by atoms with Crippen LogP contribution in [0.4, 0.5) is 11.4 Å². The summed E-state index contributed by atoms with van der Waals surface area (Å²) < 4.78 is 6.23. The number of aromatic nitrogens is 1. The van der Waals surface area contributed by atoms with Crippen molar-refractivity contribution in [3.05, 3.63) is 41.7 Å². The maximum Gasteiger partial charge on any atom is 0.357 e. The summed E-state index contributed by atoms with van der Waals surface area (Å²) in [6.07, 6.45) is 2.70. The molecule has 2 aromatic rings. The highest BCUT2D eigenvalue weighted by atomic mass is 16.5. The number of benzene rings is 1. The van der Waals surface area contributed by atoms with Gasteiger partial charge in [-0.25, -0.2) is 4.79 Å². The highest BCUT2D eigenvalue weighted by Gasteiger charge is 2.21. The van der Waals surface area contributed by atoms with Crippen LogP contribution in [0, 0.1) is 11.3 Å². The smallest absolute Gasteiger partial charge is 0.357 e. The second-order valence-corrected chi connectivity index (χ2v) is 5.12. The van der Waals surface area contributed by atoms with E-state index in [-0.39, 0.29) is 22.9 Å². The summed E-state index contributed by atoms with van der Waals surface area (Å²) in [6, 6.07) is 8.81. The van der Waals surface area contributed by atoms with E-state index in [2.05, 4.69) is 5.32 Å². The van der Waals surface area contributed by atoms with Crippen molar-refractivity contribution in [3.63, 3.8) is 0 Å². The largest absolute Gasteiger partial charge is 0.464 e. The predicted molar refractivity (Wildman–Crippen MR) is 89.8 cm³/mol. The van der Waals surface area contributed by atoms with Gasteiger partial charge in [0.15, 0.2) is 5.69 Å². The average molecular weight is 326 g/mol. The fourth-order valence-corrected chi connectivity index (χ4v) is 2.27. The predicted octanol–water partition coefficient (Wildman–Crippen LogP) is 2.46. The molecule has 1 aromatic carbocycles. The number of anilines is 2. The van der Waals surface area contributed by atoms with E-state index in [1.165, 1.54) is 17.9 Å². The van der Waals surface area contributed by atoms with Gasteiger partial charge in [-0.15, -0.1) is 0 Å². The molecule has 0 saturated heterocycles. The molecule has 1 heterocycles. The minimum atomic E-state index is -0.630. The van der Waals surface area contributed by atoms with Gasteiger partial charge in [-0.1, -0.05) is 6.92 Å². The van der Waals surface area contributed by atoms with E-state index in [1.807, 2.05) is 13.0 Å². The Morgan fingerprint density at radius 2 is 2.00 bits per heavy atom. The lowest BCUT2D eigenvalue weighted by atomic mass is 10.2. The number of nitrogens with zero attached hydrogens (tertiary/aromatic N) is 2. The molecule has 24 heavy (non-hydrogen) atoms. The summed E-state index contributed by atoms with van der Waals surface area (Å²) in [4.78, 5) is 23.6. The molecule has 124 valence electrons. The number of methoxy groups -OCH3 is 1. The van der Waals surface area contributed by atoms with Crippen LogP contribution in [0.3, 0.4) is 0 Å². The molecule has 3 N–H and O–H groups in total. The number of rotatable bonds is 5. The van der Waals surface area contributed by atoms with Crippen LogP contribution in [0.5, 0.6) is 0 Å². The molecule has 1 amide bonds. The number of nitriles is 1. The molecule has 2 rings (SSSR count). The maximum atomic E-state index is 12.0. The van der Waals surface area contributed by atoms with Crippen LogP contribution >= 0.6 is 0 Å². The third-order valence-electron chi connectivity index (χ3n) is 3.45. The number of hydrogen-bond acceptors (Lipinski definition) is 5. The first-order chi connectivity index (χ1) is 11.5. The van der Waals surface area contributed by atoms with E-state index in [9.17, 15) is 9.59 Å². The van der Waals surface area contributed by atoms with E-state index in [1.54, 1.807) is 24.3 Å². The molecular formula is C17H18N4O3. The van der Waals surface area contributed by atoms with Crippen molar-refractivity contribution in [3.8, 4) is 11.8 Å². The van der Waals surface area contributed by atoms with Crippen LogP contribution in [0.2, 0.25) is 0 Å². The van der Waals surface area contributed by atoms with Crippen LogP contribution in [0.25, 0.3) is 5.69 Å². The number of esters is 1. The monoisotopic (exact) mass is 326 g/mol. The number of nitrogens with two attached hydrogens (primary N) is 1. The summed E-state index contributed by atoms with van der Waals surface area (Å²) in [6.45, 7) is 1.93. The Morgan fingerprint density at radius 1 is 1.33 bits per heavy atom. The summed E-state index contributed by atoms with van der Waals surface area (Å²) in [5, 5.41) is 11.9. The van der Waals surface area contributed by atoms with Crippen molar-refractivity contribution in [2.75, 3.05) is 18.2 Å². The Bertz CT molecular complexity index is 800. The molecule has 7 nitrogen and oxygen atoms in total. The lowest BCUT2D eigenvalue weighted by molar-refractivity contribution is -0.116. The van der Waals surface area contributed by atoms with Crippen molar-refractivity contribution < 1.29 is 14.3 Å². The third-order valence-corrected chi connectivity index (χ3v) is 3.45. The molecule has 0 saturated carbocycles. The first-order valence-corrected chi connectivity index (χ1v) is 7.41. The Morgan fingerprint density at radius 3 is 2.54 bits per heavy atom. The molecule has 0 aliphatic heterocycles. The summed E-state index contributed by atoms with van der Waals surface area (Å²) in [5.74, 6) is -0.688. The van der Waals surface area contributed by atoms with Crippen LogP contribution in [-0.2, 0) is 9.53 Å². The molecule has 0 fully saturated rings. The lowest BCUT2D eigenvalue weighted by Gasteiger charge is -2.10. The normalized spacial score (nSPS) is 10.0. The molecule has 7 heteroatoms. The van der Waals surface area contributed by atoms with Crippen molar-refractivity contribution in [2.45, 2.75) is 19.8 Å². The zero-order valence-corrected chi connectivity index (χ0v) is 13.5. The van der Waals surface area contributed by atoms with E-state index < -0.39 is 5.97 Å². The van der Waals surface area contributed by atoms with Gasteiger partial charge in [0.2, 0.25) is 5.91 Å². The minimum Gasteiger partial charge on any atom is -0.464 e. The highest BCUT2D eigenvalue weighted by molar-refractivity contribution is 5.96. The first-order valence-electron chi connectivity index (χ1n) is 7.41. The zero-order chi connectivity index (χ0) is 17.7. The fraction of sp³-hybridized carbons (Fsp3) is 0.235. The second kappa shape index (κ2) is 7.33. The molecule has 0 bridgehead atoms. The SMILES string of the molecule is CCCC(=O)Nc1ccc(-n2cc(C#N)c(N)c2C(=O)OC)cc1. The Balaban J connectivity index is 2.37. The van der Waals surface area contributed by atoms with Gasteiger partial charge >= 0.3 is 5.97 Å². The van der Waals surface area contributed by atoms with Gasteiger partial charge in [0.1, 0.15) is 6.07 Å². The number of carbonyl (C=O) groups is 2. The first kappa shape index (κ1) is 17.1. The average Bonchev–Trinajstić information content (AvgIpc) is 2.91. The number of ether oxygens (including phenoxy) is 1. The molecular weight excluding hydrogens is 308 g/mol. The lowest BCUT2D eigenvalue weighted by Crippen LogP contribution is -2.12. The van der Waals surface area contributed by atoms with E-state index in [4.69, 9.17) is 15.7 Å². The van der Waals surface area contributed by atoms with Crippen LogP contribution in [-0.4, -0.2) is 23.6 Å². The van der Waals surface area contributed by atoms with Gasteiger partial charge < -0.3 is 20.4 Å². The fourth-order valence-electron chi connectivity index (χ4n) is 2.27. The van der Waals surface area contributed by atoms with Crippen molar-refractivity contribution >= 4 is 23.3 Å². The van der Waals surface area contributed by atoms with Gasteiger partial charge in [0, 0.05) is 24.0 Å². The topological polar surface area (TPSA) is 110 Å². The molecule has 0 unspecified atom stereocenters.